The third kappa shape index (κ3) is 8.70. The van der Waals surface area contributed by atoms with Gasteiger partial charge in [0.25, 0.3) is 0 Å². The van der Waals surface area contributed by atoms with E-state index in [1.807, 2.05) is 0 Å². The summed E-state index contributed by atoms with van der Waals surface area (Å²) in [5.41, 5.74) is -17.5. The zero-order valence-corrected chi connectivity index (χ0v) is 32.0. The molecule has 2 amide bonds. The topological polar surface area (TPSA) is 128 Å². The number of nitrogens with zero attached hydrogens (tertiary/aromatic N) is 2. The van der Waals surface area contributed by atoms with Crippen molar-refractivity contribution in [2.75, 3.05) is 52.1 Å². The molecule has 9 nitrogen and oxygen atoms in total. The van der Waals surface area contributed by atoms with Gasteiger partial charge >= 0.3 is 0 Å². The monoisotopic (exact) mass is 923 g/mol. The maximum Gasteiger partial charge on any atom is 0.232 e. The van der Waals surface area contributed by atoms with Crippen LogP contribution in [0, 0.1) is 11.8 Å². The second kappa shape index (κ2) is 19.3. The van der Waals surface area contributed by atoms with Crippen molar-refractivity contribution < 1.29 is 101 Å². The molecule has 10 rings (SSSR count). The number of fused-ring (bicyclic) bond motifs is 2. The summed E-state index contributed by atoms with van der Waals surface area (Å²) in [6, 6.07) is -38.9. The first-order valence-corrected chi connectivity index (χ1v) is 17.8. The van der Waals surface area contributed by atoms with Crippen molar-refractivity contribution in [1.82, 2.24) is 9.80 Å². The fourth-order valence-electron chi connectivity index (χ4n) is 6.04. The molecule has 6 aromatic rings. The Morgan fingerprint density at radius 3 is 1.62 bits per heavy atom. The van der Waals surface area contributed by atoms with Crippen LogP contribution in [0.15, 0.2) is 157 Å². The number of carbonyl (C=O) groups excluding carboxylic acids is 3. The maximum absolute atomic E-state index is 14.9. The van der Waals surface area contributed by atoms with Crippen LogP contribution in [0.4, 0.5) is 0 Å². The molecular formula is C56H58N4O5. The lowest BCUT2D eigenvalue weighted by Crippen LogP contribution is -2.49. The SMILES string of the molecule is [2H]c1c([2H])c([2H])c(C(C(=O)N([2H])[2H])(c2c([2H])c([2H])c([2H])c([2H])c2[2H])[C@@]2([2H])C([2H])([2H])N(C([2H])([2H])C([2H])([2H])c3c([2H])c([2H])c4c(c3[2H])C([2H])([2H])C([2H])([2H])O4)C([2H])([2H])C2([2H])[2H])c([2H])c1[2H].[2H]c1c([2H])c([2H])c(C(C(N)=O)(c2c([2H])c([2H])c([2H])c([2H])c2[2H])[C@@]2([2H])C([2H])([2H])N(C([2H])([2H])C(=O)c3c([2H])c([2H])c4c(c3[2H])C([2H])([2H])C([2H])([2H])O4)C([2H])([2H])C2([2H])[2H])c([2H])c1[2H]. The highest BCUT2D eigenvalue weighted by atomic mass is 16.5. The second-order valence-corrected chi connectivity index (χ2v) is 12.5. The maximum atomic E-state index is 14.9. The summed E-state index contributed by atoms with van der Waals surface area (Å²) in [5, 5.41) is 0. The van der Waals surface area contributed by atoms with Gasteiger partial charge in [-0.2, -0.15) is 0 Å². The van der Waals surface area contributed by atoms with Crippen molar-refractivity contribution in [3.05, 3.63) is 202 Å². The van der Waals surface area contributed by atoms with E-state index in [9.17, 15) is 25.3 Å². The first-order chi connectivity index (χ1) is 54.0. The van der Waals surface area contributed by atoms with Crippen LogP contribution in [0.3, 0.4) is 0 Å². The average molecular weight is 923 g/mol. The summed E-state index contributed by atoms with van der Waals surface area (Å²) < 4.78 is 494. The Bertz CT molecular complexity index is 5290. The van der Waals surface area contributed by atoms with E-state index in [2.05, 4.69) is 0 Å². The zero-order chi connectivity index (χ0) is 94.2. The average Bonchev–Trinajstić information content (AvgIpc) is 1.49. The van der Waals surface area contributed by atoms with Crippen molar-refractivity contribution in [3.8, 4) is 11.5 Å². The standard InChI is InChI=1S/C28H28N2O3.C28H30N2O2/c29-27(32)28(22-7-3-1-4-8-22,23-9-5-2-6-10-23)24-13-15-30(18-24)19-25(31)20-11-12-26-21(17-20)14-16-33-26;29-27(31)28(23-7-3-1-4-8-23,24-9-5-2-6-10-24)25-14-17-30(20-25)16-13-21-11-12-26-22(19-21)15-18-32-26/h1-12,17,24H,13-16,18-19H2,(H2,29,32);1-12,19,25H,13-18,20H2,(H2,29,31)/t24-;25-/m11/s1/i1D,2D,3D,4D,5D,6D,7D,8D,9D,10D,11D,12D,13D2,14D2,15D2,16D2,17D,18D2,19D2,24D;1D,2D,3D,4D,5D,6D,7D,8D,9D,10D,11D,12D,13D2,14D2,15D2,16D2,17D2,18D2,19D,20D2,25D/hD2. The Morgan fingerprint density at radius 1 is 0.646 bits per heavy atom. The molecular weight excluding hydrogens is 809 g/mol. The molecule has 2 saturated heterocycles. The number of primary amides is 2. The van der Waals surface area contributed by atoms with Gasteiger partial charge < -0.3 is 25.8 Å². The highest BCUT2D eigenvalue weighted by Crippen LogP contribution is 2.45. The van der Waals surface area contributed by atoms with Crippen LogP contribution in [-0.2, 0) is 39.5 Å². The molecule has 0 aromatic heterocycles. The molecule has 0 bridgehead atoms. The van der Waals surface area contributed by atoms with Crippen LogP contribution >= 0.6 is 0 Å². The predicted octanol–water partition coefficient (Wildman–Crippen LogP) is 7.56. The normalized spacial score (nSPS) is 41.2. The Labute approximate surface area is 461 Å². The number of carbonyl (C=O) groups is 3. The largest absolute Gasteiger partial charge is 0.493 e. The number of ether oxygens (including phenoxy) is 2. The van der Waals surface area contributed by atoms with Gasteiger partial charge in [0, 0.05) is 68.0 Å². The minimum atomic E-state index is -4.99. The number of amides is 2. The predicted molar refractivity (Wildman–Crippen MR) is 254 cm³/mol. The van der Waals surface area contributed by atoms with E-state index in [1.165, 1.54) is 0 Å². The first kappa shape index (κ1) is 12.9. The number of benzene rings is 6. The molecule has 2 atom stereocenters. The summed E-state index contributed by atoms with van der Waals surface area (Å²) in [6.45, 7) is -35.0. The molecule has 0 unspecified atom stereocenters. The Hall–Kier alpha value is -6.55. The van der Waals surface area contributed by atoms with Crippen LogP contribution in [-0.4, -0.2) is 79.5 Å². The molecule has 2 fully saturated rings. The molecule has 0 aliphatic carbocycles. The summed E-state index contributed by atoms with van der Waals surface area (Å²) in [7, 11) is 0. The minimum absolute atomic E-state index is 0.967. The van der Waals surface area contributed by atoms with Crippen molar-refractivity contribution in [2.45, 2.75) is 42.7 Å². The number of Topliss-reactive ketones (excluding diaryl/α,β-unsaturated/α-hetero) is 1. The fourth-order valence-corrected chi connectivity index (χ4v) is 6.04. The summed E-state index contributed by atoms with van der Waals surface area (Å²) in [6.07, 6.45) is -20.8. The molecule has 4 aliphatic heterocycles. The van der Waals surface area contributed by atoms with Gasteiger partial charge in [-0.3, -0.25) is 19.3 Å². The van der Waals surface area contributed by atoms with Gasteiger partial charge in [-0.15, -0.1) is 0 Å². The number of hydrogen-bond acceptors (Lipinski definition) is 7. The molecule has 332 valence electrons. The Kier molecular flexibility index (Phi) is 3.82. The fraction of sp³-hybridized carbons (Fsp3) is 0.304. The molecule has 4 heterocycles. The summed E-state index contributed by atoms with van der Waals surface area (Å²) in [4.78, 5) is 41.5. The molecule has 65 heavy (non-hydrogen) atoms. The van der Waals surface area contributed by atoms with E-state index in [4.69, 9.17) is 81.1 Å². The van der Waals surface area contributed by atoms with Gasteiger partial charge in [0.1, 0.15) is 22.3 Å². The van der Waals surface area contributed by atoms with Crippen LogP contribution in [0.5, 0.6) is 11.5 Å². The molecule has 0 saturated carbocycles. The second-order valence-electron chi connectivity index (χ2n) is 12.5. The molecule has 4 aliphatic rings. The van der Waals surface area contributed by atoms with Gasteiger partial charge in [0.15, 0.2) is 8.61 Å². The lowest BCUT2D eigenvalue weighted by molar-refractivity contribution is -0.124. The number of likely N-dealkylation sites (tertiary alicyclic amines) is 2. The van der Waals surface area contributed by atoms with E-state index >= 15 is 0 Å². The molecule has 6 aromatic carbocycles. The lowest BCUT2D eigenvalue weighted by Gasteiger charge is -2.37. The van der Waals surface area contributed by atoms with Gasteiger partial charge in [-0.25, -0.2) is 0 Å². The minimum Gasteiger partial charge on any atom is -0.493 e. The van der Waals surface area contributed by atoms with Crippen LogP contribution in [0.25, 0.3) is 0 Å². The highest BCUT2D eigenvalue weighted by molar-refractivity contribution is 5.98. The van der Waals surface area contributed by atoms with Gasteiger partial charge in [0.2, 0.25) is 11.8 Å². The third-order valence-corrected chi connectivity index (χ3v) is 8.92. The molecule has 0 radical (unpaired) electrons. The zero-order valence-electron chi connectivity index (χ0n) is 88.0. The van der Waals surface area contributed by atoms with Gasteiger partial charge in [-0.05, 0) is 107 Å². The number of hydrogen-bond donors (Lipinski definition) is 2. The van der Waals surface area contributed by atoms with Crippen molar-refractivity contribution in [1.29, 1.82) is 0 Å². The first-order valence-electron chi connectivity index (χ1n) is 45.7. The van der Waals surface area contributed by atoms with Crippen LogP contribution < -0.4 is 20.9 Å². The lowest BCUT2D eigenvalue weighted by atomic mass is 9.64. The van der Waals surface area contributed by atoms with Gasteiger partial charge in [0.05, 0.1) is 63.5 Å². The molecule has 0 spiro atoms. The quantitative estimate of drug-likeness (QED) is 0.108. The van der Waals surface area contributed by atoms with E-state index < -0.39 is 353 Å². The van der Waals surface area contributed by atoms with Crippen molar-refractivity contribution in [2.24, 2.45) is 23.2 Å². The van der Waals surface area contributed by atoms with E-state index in [0.717, 1.165) is 0 Å². The molecule has 4 N–H and O–H groups in total. The van der Waals surface area contributed by atoms with E-state index in [-0.39, 0.29) is 0 Å². The van der Waals surface area contributed by atoms with Crippen LogP contribution in [0.1, 0.15) is 136 Å². The van der Waals surface area contributed by atoms with Crippen LogP contribution in [0.2, 0.25) is 2.82 Å². The van der Waals surface area contributed by atoms with E-state index in [0.29, 0.717) is 0 Å². The van der Waals surface area contributed by atoms with Crippen molar-refractivity contribution >= 4 is 17.6 Å². The summed E-state index contributed by atoms with van der Waals surface area (Å²) >= 11 is 0. The number of nitrogens with two attached hydrogens (primary N) is 2. The smallest absolute Gasteiger partial charge is 0.232 e. The van der Waals surface area contributed by atoms with E-state index in [1.54, 1.807) is 0 Å². The van der Waals surface area contributed by atoms with Crippen molar-refractivity contribution in [3.63, 3.8) is 0 Å². The Morgan fingerprint density at radius 2 is 1.11 bits per heavy atom. The van der Waals surface area contributed by atoms with Gasteiger partial charge in [-0.1, -0.05) is 133 Å². The number of ketones is 1. The highest BCUT2D eigenvalue weighted by Gasteiger charge is 2.51. The Balaban J connectivity index is 0.000000275. The number of rotatable bonds is 14. The third-order valence-electron chi connectivity index (χ3n) is 8.92. The molecule has 9 heteroatoms. The summed E-state index contributed by atoms with van der Waals surface area (Å²) in [5.74, 6) is -19.4.